The summed E-state index contributed by atoms with van der Waals surface area (Å²) in [6.45, 7) is -0.152. The molecule has 0 saturated heterocycles. The zero-order chi connectivity index (χ0) is 17.6. The molecule has 1 aromatic carbocycles. The van der Waals surface area contributed by atoms with Gasteiger partial charge in [0.1, 0.15) is 6.54 Å². The molecule has 0 aliphatic carbocycles. The van der Waals surface area contributed by atoms with Crippen LogP contribution in [0.5, 0.6) is 0 Å². The van der Waals surface area contributed by atoms with Crippen LogP contribution in [0.1, 0.15) is 0 Å². The average molecular weight is 352 g/mol. The van der Waals surface area contributed by atoms with Crippen molar-refractivity contribution in [3.05, 3.63) is 71.3 Å². The minimum absolute atomic E-state index is 0.152. The van der Waals surface area contributed by atoms with Gasteiger partial charge in [-0.2, -0.15) is 5.10 Å². The van der Waals surface area contributed by atoms with E-state index in [-0.39, 0.29) is 18.0 Å². The molecule has 2 aromatic heterocycles. The van der Waals surface area contributed by atoms with Crippen LogP contribution >= 0.6 is 11.8 Å². The molecule has 0 fully saturated rings. The van der Waals surface area contributed by atoms with E-state index in [2.05, 4.69) is 15.4 Å². The number of para-hydroxylation sites is 1. The maximum Gasteiger partial charge on any atom is 0.267 e. The second-order valence-corrected chi connectivity index (χ2v) is 6.05. The number of hydrogen-bond donors (Lipinski definition) is 1. The van der Waals surface area contributed by atoms with Crippen molar-refractivity contribution >= 4 is 23.4 Å². The SMILES string of the molecule is CSc1ccccc1NC(=O)Cn1nc(-c2ccncc2)ccc1=O. The van der Waals surface area contributed by atoms with Crippen molar-refractivity contribution in [2.75, 3.05) is 11.6 Å². The van der Waals surface area contributed by atoms with Gasteiger partial charge >= 0.3 is 0 Å². The van der Waals surface area contributed by atoms with E-state index in [1.54, 1.807) is 42.4 Å². The van der Waals surface area contributed by atoms with Crippen LogP contribution in [0, 0.1) is 0 Å². The molecule has 0 aliphatic rings. The summed E-state index contributed by atoms with van der Waals surface area (Å²) >= 11 is 1.54. The van der Waals surface area contributed by atoms with Crippen LogP contribution in [0.15, 0.2) is 70.6 Å². The van der Waals surface area contributed by atoms with Crippen LogP contribution in [0.3, 0.4) is 0 Å². The topological polar surface area (TPSA) is 76.9 Å². The summed E-state index contributed by atoms with van der Waals surface area (Å²) in [5.41, 5.74) is 1.83. The molecule has 0 unspecified atom stereocenters. The van der Waals surface area contributed by atoms with Gasteiger partial charge in [0.15, 0.2) is 0 Å². The number of pyridine rings is 1. The van der Waals surface area contributed by atoms with Crippen molar-refractivity contribution in [1.29, 1.82) is 0 Å². The highest BCUT2D eigenvalue weighted by Gasteiger charge is 2.10. The minimum atomic E-state index is -0.328. The highest BCUT2D eigenvalue weighted by Crippen LogP contribution is 2.24. The maximum atomic E-state index is 12.3. The van der Waals surface area contributed by atoms with Gasteiger partial charge in [0.2, 0.25) is 5.91 Å². The highest BCUT2D eigenvalue weighted by molar-refractivity contribution is 7.98. The number of benzene rings is 1. The van der Waals surface area contributed by atoms with Crippen molar-refractivity contribution in [1.82, 2.24) is 14.8 Å². The summed E-state index contributed by atoms with van der Waals surface area (Å²) < 4.78 is 1.16. The fraction of sp³-hybridized carbons (Fsp3) is 0.111. The number of aromatic nitrogens is 3. The Balaban J connectivity index is 1.80. The third kappa shape index (κ3) is 4.13. The van der Waals surface area contributed by atoms with E-state index in [1.807, 2.05) is 30.5 Å². The lowest BCUT2D eigenvalue weighted by atomic mass is 10.2. The number of thioether (sulfide) groups is 1. The maximum absolute atomic E-state index is 12.3. The van der Waals surface area contributed by atoms with Gasteiger partial charge in [-0.1, -0.05) is 12.1 Å². The molecular formula is C18H16N4O2S. The van der Waals surface area contributed by atoms with Gasteiger partial charge in [0.05, 0.1) is 11.4 Å². The quantitative estimate of drug-likeness (QED) is 0.715. The molecule has 0 radical (unpaired) electrons. The Bertz CT molecular complexity index is 941. The van der Waals surface area contributed by atoms with Crippen LogP contribution in [0.25, 0.3) is 11.3 Å². The zero-order valence-corrected chi connectivity index (χ0v) is 14.4. The van der Waals surface area contributed by atoms with E-state index >= 15 is 0 Å². The smallest absolute Gasteiger partial charge is 0.267 e. The monoisotopic (exact) mass is 352 g/mol. The Labute approximate surface area is 148 Å². The lowest BCUT2D eigenvalue weighted by molar-refractivity contribution is -0.117. The molecule has 7 heteroatoms. The Hall–Kier alpha value is -2.93. The molecule has 0 aliphatic heterocycles. The van der Waals surface area contributed by atoms with Gasteiger partial charge < -0.3 is 5.32 Å². The molecule has 0 saturated carbocycles. The van der Waals surface area contributed by atoms with Gasteiger partial charge in [-0.05, 0) is 36.6 Å². The Kier molecular flexibility index (Phi) is 5.25. The van der Waals surface area contributed by atoms with Gasteiger partial charge in [-0.25, -0.2) is 4.68 Å². The molecule has 0 spiro atoms. The molecule has 25 heavy (non-hydrogen) atoms. The molecule has 126 valence electrons. The summed E-state index contributed by atoms with van der Waals surface area (Å²) in [6, 6.07) is 14.1. The predicted molar refractivity (Wildman–Crippen MR) is 98.6 cm³/mol. The predicted octanol–water partition coefficient (Wildman–Crippen LogP) is 2.67. The minimum Gasteiger partial charge on any atom is -0.323 e. The molecule has 2 heterocycles. The molecule has 0 atom stereocenters. The van der Waals surface area contributed by atoms with Crippen LogP contribution in [0.2, 0.25) is 0 Å². The number of carbonyl (C=O) groups is 1. The largest absolute Gasteiger partial charge is 0.323 e. The number of carbonyl (C=O) groups excluding carboxylic acids is 1. The summed E-state index contributed by atoms with van der Waals surface area (Å²) in [5.74, 6) is -0.303. The molecule has 3 aromatic rings. The summed E-state index contributed by atoms with van der Waals surface area (Å²) in [4.78, 5) is 29.3. The van der Waals surface area contributed by atoms with E-state index in [4.69, 9.17) is 0 Å². The van der Waals surface area contributed by atoms with Gasteiger partial charge in [-0.15, -0.1) is 11.8 Å². The first-order valence-electron chi connectivity index (χ1n) is 7.59. The first kappa shape index (κ1) is 16.9. The number of anilines is 1. The van der Waals surface area contributed by atoms with Gasteiger partial charge in [-0.3, -0.25) is 14.6 Å². The van der Waals surface area contributed by atoms with Crippen molar-refractivity contribution in [3.8, 4) is 11.3 Å². The second-order valence-electron chi connectivity index (χ2n) is 5.20. The molecule has 3 rings (SSSR count). The molecule has 0 bridgehead atoms. The Morgan fingerprint density at radius 3 is 2.64 bits per heavy atom. The normalized spacial score (nSPS) is 10.4. The van der Waals surface area contributed by atoms with E-state index in [1.165, 1.54) is 6.07 Å². The van der Waals surface area contributed by atoms with Crippen molar-refractivity contribution in [3.63, 3.8) is 0 Å². The van der Waals surface area contributed by atoms with Gasteiger partial charge in [0, 0.05) is 28.9 Å². The average Bonchev–Trinajstić information content (AvgIpc) is 2.64. The van der Waals surface area contributed by atoms with E-state index < -0.39 is 0 Å². The lowest BCUT2D eigenvalue weighted by Gasteiger charge is -2.10. The third-order valence-electron chi connectivity index (χ3n) is 3.52. The van der Waals surface area contributed by atoms with Crippen molar-refractivity contribution in [2.24, 2.45) is 0 Å². The number of nitrogens with zero attached hydrogens (tertiary/aromatic N) is 3. The number of nitrogens with one attached hydrogen (secondary N) is 1. The van der Waals surface area contributed by atoms with Crippen LogP contribution in [0.4, 0.5) is 5.69 Å². The fourth-order valence-corrected chi connectivity index (χ4v) is 2.87. The molecular weight excluding hydrogens is 336 g/mol. The van der Waals surface area contributed by atoms with Gasteiger partial charge in [0.25, 0.3) is 5.56 Å². The number of amides is 1. The third-order valence-corrected chi connectivity index (χ3v) is 4.31. The summed E-state index contributed by atoms with van der Waals surface area (Å²) in [6.07, 6.45) is 5.24. The summed E-state index contributed by atoms with van der Waals surface area (Å²) in [5, 5.41) is 7.10. The van der Waals surface area contributed by atoms with Crippen LogP contribution in [-0.2, 0) is 11.3 Å². The van der Waals surface area contributed by atoms with Crippen molar-refractivity contribution in [2.45, 2.75) is 11.4 Å². The first-order chi connectivity index (χ1) is 12.2. The number of rotatable bonds is 5. The van der Waals surface area contributed by atoms with Crippen LogP contribution < -0.4 is 10.9 Å². The number of hydrogen-bond acceptors (Lipinski definition) is 5. The van der Waals surface area contributed by atoms with E-state index in [0.29, 0.717) is 5.69 Å². The molecule has 1 N–H and O–H groups in total. The molecule has 1 amide bonds. The van der Waals surface area contributed by atoms with E-state index in [9.17, 15) is 9.59 Å². The summed E-state index contributed by atoms with van der Waals surface area (Å²) in [7, 11) is 0. The zero-order valence-electron chi connectivity index (χ0n) is 13.5. The highest BCUT2D eigenvalue weighted by atomic mass is 32.2. The Morgan fingerprint density at radius 2 is 1.88 bits per heavy atom. The van der Waals surface area contributed by atoms with Crippen LogP contribution in [-0.4, -0.2) is 26.9 Å². The fourth-order valence-electron chi connectivity index (χ4n) is 2.31. The standard InChI is InChI=1S/C18H16N4O2S/c1-25-16-5-3-2-4-15(16)20-17(23)12-22-18(24)7-6-14(21-22)13-8-10-19-11-9-13/h2-11H,12H2,1H3,(H,20,23). The van der Waals surface area contributed by atoms with E-state index in [0.717, 1.165) is 20.8 Å². The Morgan fingerprint density at radius 1 is 1.12 bits per heavy atom. The second kappa shape index (κ2) is 7.76. The lowest BCUT2D eigenvalue weighted by Crippen LogP contribution is -2.29. The molecule has 6 nitrogen and oxygen atoms in total. The first-order valence-corrected chi connectivity index (χ1v) is 8.81. The van der Waals surface area contributed by atoms with Crippen molar-refractivity contribution < 1.29 is 4.79 Å².